The molecule has 0 unspecified atom stereocenters. The molecular weight excluding hydrogens is 374 g/mol. The molecule has 0 aliphatic carbocycles. The van der Waals surface area contributed by atoms with Crippen molar-refractivity contribution in [2.75, 3.05) is 32.9 Å². The Kier molecular flexibility index (Phi) is 5.48. The molecule has 2 aliphatic heterocycles. The lowest BCUT2D eigenvalue weighted by atomic mass is 10.1. The fraction of sp³-hybridized carbons (Fsp3) is 0.273. The lowest BCUT2D eigenvalue weighted by Gasteiger charge is -2.25. The van der Waals surface area contributed by atoms with Crippen molar-refractivity contribution in [1.29, 1.82) is 0 Å². The molecule has 0 bridgehead atoms. The third-order valence-electron chi connectivity index (χ3n) is 4.62. The second-order valence-corrected chi connectivity index (χ2v) is 6.54. The van der Waals surface area contributed by atoms with Crippen molar-refractivity contribution in [2.24, 2.45) is 0 Å². The summed E-state index contributed by atoms with van der Waals surface area (Å²) in [5, 5.41) is 0. The molecule has 0 spiro atoms. The molecule has 1 fully saturated rings. The number of hydrogen-bond donors (Lipinski definition) is 0. The Morgan fingerprint density at radius 2 is 1.97 bits per heavy atom. The Hall–Kier alpha value is -3.32. The van der Waals surface area contributed by atoms with Gasteiger partial charge in [0.2, 0.25) is 5.78 Å². The lowest BCUT2D eigenvalue weighted by molar-refractivity contribution is 0.0416. The summed E-state index contributed by atoms with van der Waals surface area (Å²) >= 11 is 0. The van der Waals surface area contributed by atoms with Crippen LogP contribution in [0.25, 0.3) is 6.08 Å². The van der Waals surface area contributed by atoms with Crippen LogP contribution in [0.4, 0.5) is 4.79 Å². The number of amides is 1. The molecule has 0 aromatic heterocycles. The highest BCUT2D eigenvalue weighted by Gasteiger charge is 2.29. The summed E-state index contributed by atoms with van der Waals surface area (Å²) in [5.74, 6) is 1.34. The van der Waals surface area contributed by atoms with Crippen molar-refractivity contribution in [2.45, 2.75) is 6.92 Å². The quantitative estimate of drug-likeness (QED) is 0.738. The monoisotopic (exact) mass is 395 g/mol. The summed E-state index contributed by atoms with van der Waals surface area (Å²) in [6.07, 6.45) is 1.21. The summed E-state index contributed by atoms with van der Waals surface area (Å²) in [6.45, 7) is 4.39. The van der Waals surface area contributed by atoms with Gasteiger partial charge in [0, 0.05) is 24.7 Å². The first-order valence-electron chi connectivity index (χ1n) is 9.50. The number of para-hydroxylation sites is 1. The molecule has 0 radical (unpaired) electrons. The third kappa shape index (κ3) is 4.09. The van der Waals surface area contributed by atoms with E-state index in [4.69, 9.17) is 18.9 Å². The number of carbonyl (C=O) groups excluding carboxylic acids is 2. The van der Waals surface area contributed by atoms with Gasteiger partial charge in [-0.3, -0.25) is 4.79 Å². The van der Waals surface area contributed by atoms with E-state index < -0.39 is 6.09 Å². The van der Waals surface area contributed by atoms with E-state index in [1.54, 1.807) is 29.2 Å². The number of Topliss-reactive ketones (excluding diaryl/α,β-unsaturated/α-hetero) is 1. The average molecular weight is 395 g/mol. The molecule has 1 saturated heterocycles. The van der Waals surface area contributed by atoms with Gasteiger partial charge < -0.3 is 23.8 Å². The van der Waals surface area contributed by atoms with Crippen molar-refractivity contribution in [3.8, 4) is 17.2 Å². The molecule has 7 heteroatoms. The van der Waals surface area contributed by atoms with Crippen LogP contribution in [0.15, 0.2) is 48.2 Å². The summed E-state index contributed by atoms with van der Waals surface area (Å²) in [7, 11) is 0. The van der Waals surface area contributed by atoms with E-state index in [2.05, 4.69) is 0 Å². The van der Waals surface area contributed by atoms with Crippen LogP contribution in [0.3, 0.4) is 0 Å². The molecule has 29 heavy (non-hydrogen) atoms. The van der Waals surface area contributed by atoms with Gasteiger partial charge in [-0.2, -0.15) is 0 Å². The molecule has 2 aliphatic rings. The number of rotatable bonds is 4. The zero-order chi connectivity index (χ0) is 20.2. The molecule has 4 rings (SSSR count). The lowest BCUT2D eigenvalue weighted by Crippen LogP contribution is -2.42. The summed E-state index contributed by atoms with van der Waals surface area (Å²) in [6, 6.07) is 12.2. The van der Waals surface area contributed by atoms with Crippen LogP contribution < -0.4 is 14.2 Å². The second kappa shape index (κ2) is 8.36. The summed E-state index contributed by atoms with van der Waals surface area (Å²) < 4.78 is 22.0. The number of morpholine rings is 1. The first-order valence-corrected chi connectivity index (χ1v) is 9.50. The number of carbonyl (C=O) groups is 2. The maximum atomic E-state index is 12.7. The van der Waals surface area contributed by atoms with Crippen LogP contribution in [-0.2, 0) is 4.74 Å². The SMILES string of the molecule is CCOc1ccccc1/C=C1/Oc2cc(OC(=O)N3CCOCC3)ccc2C1=O. The van der Waals surface area contributed by atoms with E-state index in [0.717, 1.165) is 5.56 Å². The number of ether oxygens (including phenoxy) is 4. The first-order chi connectivity index (χ1) is 14.2. The molecule has 2 aromatic carbocycles. The molecular formula is C22H21NO6. The van der Waals surface area contributed by atoms with E-state index in [-0.39, 0.29) is 11.5 Å². The molecule has 7 nitrogen and oxygen atoms in total. The molecule has 2 aromatic rings. The average Bonchev–Trinajstić information content (AvgIpc) is 3.05. The van der Waals surface area contributed by atoms with Crippen molar-refractivity contribution in [3.63, 3.8) is 0 Å². The summed E-state index contributed by atoms with van der Waals surface area (Å²) in [5.41, 5.74) is 1.18. The highest BCUT2D eigenvalue weighted by Crippen LogP contribution is 2.35. The van der Waals surface area contributed by atoms with Crippen molar-refractivity contribution in [3.05, 3.63) is 59.4 Å². The minimum absolute atomic E-state index is 0.198. The van der Waals surface area contributed by atoms with Crippen LogP contribution in [0.2, 0.25) is 0 Å². The van der Waals surface area contributed by atoms with Crippen molar-refractivity contribution >= 4 is 18.0 Å². The van der Waals surface area contributed by atoms with Gasteiger partial charge in [0.1, 0.15) is 17.2 Å². The molecule has 2 heterocycles. The van der Waals surface area contributed by atoms with Crippen LogP contribution in [0.1, 0.15) is 22.8 Å². The molecule has 0 atom stereocenters. The number of fused-ring (bicyclic) bond motifs is 1. The van der Waals surface area contributed by atoms with Gasteiger partial charge >= 0.3 is 6.09 Å². The third-order valence-corrected chi connectivity index (χ3v) is 4.62. The predicted octanol–water partition coefficient (Wildman–Crippen LogP) is 3.53. The molecule has 150 valence electrons. The van der Waals surface area contributed by atoms with Crippen molar-refractivity contribution in [1.82, 2.24) is 4.90 Å². The number of hydrogen-bond acceptors (Lipinski definition) is 6. The second-order valence-electron chi connectivity index (χ2n) is 6.54. The Balaban J connectivity index is 1.52. The van der Waals surface area contributed by atoms with Gasteiger partial charge in [0.25, 0.3) is 0 Å². The Morgan fingerprint density at radius 1 is 1.17 bits per heavy atom. The standard InChI is InChI=1S/C22H21NO6/c1-2-27-18-6-4-3-5-15(18)13-20-21(24)17-8-7-16(14-19(17)29-20)28-22(25)23-9-11-26-12-10-23/h3-8,13-14H,2,9-12H2,1H3/b20-13+. The highest BCUT2D eigenvalue weighted by molar-refractivity contribution is 6.14. The van der Waals surface area contributed by atoms with Crippen LogP contribution in [-0.4, -0.2) is 49.7 Å². The van der Waals surface area contributed by atoms with Gasteiger partial charge in [-0.15, -0.1) is 0 Å². The topological polar surface area (TPSA) is 74.3 Å². The Labute approximate surface area is 168 Å². The van der Waals surface area contributed by atoms with E-state index >= 15 is 0 Å². The van der Waals surface area contributed by atoms with Gasteiger partial charge in [0.05, 0.1) is 25.4 Å². The van der Waals surface area contributed by atoms with Crippen LogP contribution in [0.5, 0.6) is 17.2 Å². The highest BCUT2D eigenvalue weighted by atomic mass is 16.6. The molecule has 1 amide bonds. The van der Waals surface area contributed by atoms with Gasteiger partial charge in [-0.05, 0) is 31.2 Å². The van der Waals surface area contributed by atoms with E-state index in [9.17, 15) is 9.59 Å². The van der Waals surface area contributed by atoms with Crippen molar-refractivity contribution < 1.29 is 28.5 Å². The number of allylic oxidation sites excluding steroid dienone is 1. The fourth-order valence-corrected chi connectivity index (χ4v) is 3.17. The maximum Gasteiger partial charge on any atom is 0.415 e. The zero-order valence-electron chi connectivity index (χ0n) is 16.1. The van der Waals surface area contributed by atoms with Gasteiger partial charge in [0.15, 0.2) is 5.76 Å². The Bertz CT molecular complexity index is 962. The summed E-state index contributed by atoms with van der Waals surface area (Å²) in [4.78, 5) is 26.5. The van der Waals surface area contributed by atoms with Crippen LogP contribution in [0, 0.1) is 0 Å². The number of nitrogens with zero attached hydrogens (tertiary/aromatic N) is 1. The molecule has 0 N–H and O–H groups in total. The van der Waals surface area contributed by atoms with Gasteiger partial charge in [-0.25, -0.2) is 4.79 Å². The minimum Gasteiger partial charge on any atom is -0.493 e. The van der Waals surface area contributed by atoms with Crippen LogP contribution >= 0.6 is 0 Å². The minimum atomic E-state index is -0.445. The predicted molar refractivity (Wildman–Crippen MR) is 105 cm³/mol. The fourth-order valence-electron chi connectivity index (χ4n) is 3.17. The Morgan fingerprint density at radius 3 is 2.76 bits per heavy atom. The zero-order valence-corrected chi connectivity index (χ0v) is 16.1. The number of ketones is 1. The largest absolute Gasteiger partial charge is 0.493 e. The van der Waals surface area contributed by atoms with E-state index in [1.807, 2.05) is 31.2 Å². The van der Waals surface area contributed by atoms with E-state index in [0.29, 0.717) is 55.7 Å². The number of benzene rings is 2. The smallest absolute Gasteiger partial charge is 0.415 e. The maximum absolute atomic E-state index is 12.7. The van der Waals surface area contributed by atoms with Gasteiger partial charge in [-0.1, -0.05) is 18.2 Å². The molecule has 0 saturated carbocycles. The normalized spacial score (nSPS) is 17.1. The van der Waals surface area contributed by atoms with E-state index in [1.165, 1.54) is 0 Å². The first kappa shape index (κ1) is 19.0.